The number of aryl methyl sites for hydroxylation is 1. The number of anilines is 2. The molecule has 2 atom stereocenters. The van der Waals surface area contributed by atoms with E-state index in [9.17, 15) is 9.18 Å². The second kappa shape index (κ2) is 6.03. The average Bonchev–Trinajstić information content (AvgIpc) is 2.49. The van der Waals surface area contributed by atoms with Crippen LogP contribution in [0.5, 0.6) is 0 Å². The molecule has 0 spiro atoms. The second-order valence-electron chi connectivity index (χ2n) is 6.24. The maximum absolute atomic E-state index is 13.8. The number of carbonyl (C=O) groups is 1. The van der Waals surface area contributed by atoms with Crippen molar-refractivity contribution in [3.8, 4) is 0 Å². The van der Waals surface area contributed by atoms with Crippen LogP contribution in [0.2, 0.25) is 0 Å². The Labute approximate surface area is 136 Å². The van der Waals surface area contributed by atoms with E-state index in [0.717, 1.165) is 23.4 Å². The maximum Gasteiger partial charge on any atom is 0.224 e. The van der Waals surface area contributed by atoms with Crippen molar-refractivity contribution in [2.45, 2.75) is 39.3 Å². The minimum Gasteiger partial charge on any atom is -0.378 e. The number of halogens is 1. The minimum absolute atomic E-state index is 0.0147. The normalized spacial score (nSPS) is 20.1. The van der Waals surface area contributed by atoms with Gasteiger partial charge in [-0.2, -0.15) is 0 Å². The summed E-state index contributed by atoms with van der Waals surface area (Å²) in [4.78, 5) is 13.7. The highest BCUT2D eigenvalue weighted by molar-refractivity contribution is 5.93. The molecule has 2 unspecified atom stereocenters. The first-order chi connectivity index (χ1) is 11.0. The average molecular weight is 312 g/mol. The first-order valence-corrected chi connectivity index (χ1v) is 7.88. The van der Waals surface area contributed by atoms with Gasteiger partial charge >= 0.3 is 0 Å². The van der Waals surface area contributed by atoms with Gasteiger partial charge < -0.3 is 10.2 Å². The molecule has 1 amide bonds. The lowest BCUT2D eigenvalue weighted by Crippen LogP contribution is -2.43. The van der Waals surface area contributed by atoms with E-state index in [1.807, 2.05) is 38.1 Å². The van der Waals surface area contributed by atoms with Gasteiger partial charge in [-0.05, 0) is 50.6 Å². The van der Waals surface area contributed by atoms with Crippen molar-refractivity contribution in [2.24, 2.45) is 0 Å². The summed E-state index contributed by atoms with van der Waals surface area (Å²) in [5.41, 5.74) is 3.82. The molecule has 3 nitrogen and oxygen atoms in total. The summed E-state index contributed by atoms with van der Waals surface area (Å²) >= 11 is 0. The number of benzene rings is 2. The smallest absolute Gasteiger partial charge is 0.224 e. The predicted octanol–water partition coefficient (Wildman–Crippen LogP) is 4.43. The van der Waals surface area contributed by atoms with E-state index in [-0.39, 0.29) is 23.8 Å². The molecular weight excluding hydrogens is 291 g/mol. The highest BCUT2D eigenvalue weighted by Crippen LogP contribution is 2.39. The molecule has 1 aliphatic heterocycles. The molecule has 0 saturated carbocycles. The fourth-order valence-electron chi connectivity index (χ4n) is 3.30. The molecule has 3 rings (SSSR count). The van der Waals surface area contributed by atoms with Crippen molar-refractivity contribution in [3.63, 3.8) is 0 Å². The van der Waals surface area contributed by atoms with Crippen LogP contribution >= 0.6 is 0 Å². The van der Waals surface area contributed by atoms with Gasteiger partial charge in [0.2, 0.25) is 5.91 Å². The predicted molar refractivity (Wildman–Crippen MR) is 91.2 cm³/mol. The van der Waals surface area contributed by atoms with Crippen molar-refractivity contribution in [2.75, 3.05) is 10.2 Å². The van der Waals surface area contributed by atoms with E-state index in [2.05, 4.69) is 5.32 Å². The lowest BCUT2D eigenvalue weighted by molar-refractivity contribution is -0.117. The van der Waals surface area contributed by atoms with Crippen LogP contribution in [0.4, 0.5) is 15.8 Å². The quantitative estimate of drug-likeness (QED) is 0.889. The number of rotatable bonds is 2. The lowest BCUT2D eigenvalue weighted by Gasteiger charge is -2.39. The molecule has 0 bridgehead atoms. The van der Waals surface area contributed by atoms with Crippen LogP contribution in [0.3, 0.4) is 0 Å². The maximum atomic E-state index is 13.8. The molecule has 2 aromatic carbocycles. The molecule has 120 valence electrons. The first-order valence-electron chi connectivity index (χ1n) is 7.88. The van der Waals surface area contributed by atoms with Gasteiger partial charge in [-0.3, -0.25) is 4.79 Å². The Hall–Kier alpha value is -2.36. The monoisotopic (exact) mass is 312 g/mol. The van der Waals surface area contributed by atoms with Crippen LogP contribution in [0, 0.1) is 12.7 Å². The summed E-state index contributed by atoms with van der Waals surface area (Å²) in [7, 11) is 0. The molecule has 1 heterocycles. The summed E-state index contributed by atoms with van der Waals surface area (Å²) < 4.78 is 13.8. The molecule has 23 heavy (non-hydrogen) atoms. The van der Waals surface area contributed by atoms with Crippen molar-refractivity contribution < 1.29 is 9.18 Å². The molecule has 1 aliphatic rings. The molecule has 4 heteroatoms. The Morgan fingerprint density at radius 1 is 1.22 bits per heavy atom. The van der Waals surface area contributed by atoms with E-state index in [0.29, 0.717) is 0 Å². The van der Waals surface area contributed by atoms with Gasteiger partial charge in [0, 0.05) is 29.9 Å². The fraction of sp³-hybridized carbons (Fsp3) is 0.316. The number of amides is 1. The van der Waals surface area contributed by atoms with E-state index in [4.69, 9.17) is 0 Å². The van der Waals surface area contributed by atoms with E-state index in [1.54, 1.807) is 17.9 Å². The molecular formula is C19H21FN2O. The van der Waals surface area contributed by atoms with E-state index < -0.39 is 0 Å². The SMILES string of the molecule is CC(=O)N1c2ccc(F)cc2C(Nc2ccc(C)cc2)CC1C. The van der Waals surface area contributed by atoms with Crippen molar-refractivity contribution in [3.05, 3.63) is 59.4 Å². The van der Waals surface area contributed by atoms with Gasteiger partial charge in [-0.15, -0.1) is 0 Å². The third-order valence-corrected chi connectivity index (χ3v) is 4.37. The third-order valence-electron chi connectivity index (χ3n) is 4.37. The summed E-state index contributed by atoms with van der Waals surface area (Å²) in [6.07, 6.45) is 0.740. The second-order valence-corrected chi connectivity index (χ2v) is 6.24. The Morgan fingerprint density at radius 2 is 1.91 bits per heavy atom. The van der Waals surface area contributed by atoms with Crippen molar-refractivity contribution in [1.29, 1.82) is 0 Å². The van der Waals surface area contributed by atoms with Crippen LogP contribution in [0.1, 0.15) is 37.4 Å². The van der Waals surface area contributed by atoms with Crippen LogP contribution in [0.25, 0.3) is 0 Å². The number of nitrogens with one attached hydrogen (secondary N) is 1. The zero-order valence-electron chi connectivity index (χ0n) is 13.6. The Kier molecular flexibility index (Phi) is 4.07. The fourth-order valence-corrected chi connectivity index (χ4v) is 3.30. The van der Waals surface area contributed by atoms with Gasteiger partial charge in [0.1, 0.15) is 5.82 Å². The lowest BCUT2D eigenvalue weighted by atomic mass is 9.91. The molecule has 0 aromatic heterocycles. The number of fused-ring (bicyclic) bond motifs is 1. The highest BCUT2D eigenvalue weighted by atomic mass is 19.1. The standard InChI is InChI=1S/C19H21FN2O/c1-12-4-7-16(8-5-12)21-18-10-13(2)22(14(3)23)19-9-6-15(20)11-17(18)19/h4-9,11,13,18,21H,10H2,1-3H3. The Morgan fingerprint density at radius 3 is 2.57 bits per heavy atom. The summed E-state index contributed by atoms with van der Waals surface area (Å²) in [6, 6.07) is 12.8. The summed E-state index contributed by atoms with van der Waals surface area (Å²) in [5.74, 6) is -0.295. The van der Waals surface area contributed by atoms with Gasteiger partial charge in [0.05, 0.1) is 6.04 Å². The first kappa shape index (κ1) is 15.5. The Bertz CT molecular complexity index is 727. The van der Waals surface area contributed by atoms with Crippen molar-refractivity contribution in [1.82, 2.24) is 0 Å². The van der Waals surface area contributed by atoms with Gasteiger partial charge in [0.25, 0.3) is 0 Å². The third kappa shape index (κ3) is 3.07. The number of hydrogen-bond acceptors (Lipinski definition) is 2. The molecule has 0 fully saturated rings. The largest absolute Gasteiger partial charge is 0.378 e. The summed E-state index contributed by atoms with van der Waals surface area (Å²) in [6.45, 7) is 5.62. The number of nitrogens with zero attached hydrogens (tertiary/aromatic N) is 1. The number of hydrogen-bond donors (Lipinski definition) is 1. The number of carbonyl (C=O) groups excluding carboxylic acids is 1. The molecule has 0 radical (unpaired) electrons. The zero-order chi connectivity index (χ0) is 16.6. The minimum atomic E-state index is -0.280. The van der Waals surface area contributed by atoms with Gasteiger partial charge in [-0.25, -0.2) is 4.39 Å². The molecule has 2 aromatic rings. The highest BCUT2D eigenvalue weighted by Gasteiger charge is 2.32. The van der Waals surface area contributed by atoms with Crippen LogP contribution in [-0.2, 0) is 4.79 Å². The summed E-state index contributed by atoms with van der Waals surface area (Å²) in [5, 5.41) is 3.48. The van der Waals surface area contributed by atoms with Gasteiger partial charge in [0.15, 0.2) is 0 Å². The Balaban J connectivity index is 1.98. The molecule has 0 aliphatic carbocycles. The molecule has 0 saturated heterocycles. The molecule has 1 N–H and O–H groups in total. The topological polar surface area (TPSA) is 32.3 Å². The van der Waals surface area contributed by atoms with E-state index in [1.165, 1.54) is 17.7 Å². The zero-order valence-corrected chi connectivity index (χ0v) is 13.6. The van der Waals surface area contributed by atoms with Gasteiger partial charge in [-0.1, -0.05) is 17.7 Å². The van der Waals surface area contributed by atoms with Crippen LogP contribution < -0.4 is 10.2 Å². The van der Waals surface area contributed by atoms with Crippen LogP contribution in [-0.4, -0.2) is 11.9 Å². The van der Waals surface area contributed by atoms with E-state index >= 15 is 0 Å². The van der Waals surface area contributed by atoms with Crippen LogP contribution in [0.15, 0.2) is 42.5 Å². The van der Waals surface area contributed by atoms with Crippen molar-refractivity contribution >= 4 is 17.3 Å².